The van der Waals surface area contributed by atoms with Crippen molar-refractivity contribution < 1.29 is 14.3 Å². The van der Waals surface area contributed by atoms with E-state index >= 15 is 0 Å². The van der Waals surface area contributed by atoms with E-state index in [1.807, 2.05) is 20.8 Å². The lowest BCUT2D eigenvalue weighted by Gasteiger charge is -2.20. The highest BCUT2D eigenvalue weighted by molar-refractivity contribution is 5.98. The summed E-state index contributed by atoms with van der Waals surface area (Å²) < 4.78 is 5.09. The summed E-state index contributed by atoms with van der Waals surface area (Å²) >= 11 is 0. The van der Waals surface area contributed by atoms with Crippen LogP contribution in [0, 0.1) is 0 Å². The van der Waals surface area contributed by atoms with Crippen molar-refractivity contribution in [2.24, 2.45) is 0 Å². The van der Waals surface area contributed by atoms with E-state index in [4.69, 9.17) is 4.74 Å². The molecular formula is C14H20N2O3. The van der Waals surface area contributed by atoms with E-state index in [9.17, 15) is 9.59 Å². The van der Waals surface area contributed by atoms with Crippen LogP contribution in [-0.2, 0) is 4.79 Å². The molecule has 0 aliphatic rings. The predicted molar refractivity (Wildman–Crippen MR) is 73.2 cm³/mol. The molecule has 1 aromatic carbocycles. The highest BCUT2D eigenvalue weighted by atomic mass is 16.5. The number of hydrogen-bond acceptors (Lipinski definition) is 3. The number of carbonyl (C=O) groups is 2. The number of carbonyl (C=O) groups excluding carboxylic acids is 2. The van der Waals surface area contributed by atoms with Gasteiger partial charge in [-0.3, -0.25) is 9.59 Å². The first-order valence-corrected chi connectivity index (χ1v) is 6.06. The van der Waals surface area contributed by atoms with Gasteiger partial charge in [0.05, 0.1) is 19.2 Å². The Morgan fingerprint density at radius 1 is 1.21 bits per heavy atom. The molecule has 1 aromatic rings. The van der Waals surface area contributed by atoms with E-state index < -0.39 is 0 Å². The largest absolute Gasteiger partial charge is 0.496 e. The first kappa shape index (κ1) is 15.0. The molecule has 104 valence electrons. The fourth-order valence-electron chi connectivity index (χ4n) is 1.55. The molecule has 0 aliphatic carbocycles. The van der Waals surface area contributed by atoms with Crippen molar-refractivity contribution in [3.63, 3.8) is 0 Å². The fraction of sp³-hybridized carbons (Fsp3) is 0.429. The van der Waals surface area contributed by atoms with Gasteiger partial charge in [-0.15, -0.1) is 0 Å². The molecule has 5 heteroatoms. The summed E-state index contributed by atoms with van der Waals surface area (Å²) in [4.78, 5) is 23.5. The summed E-state index contributed by atoms with van der Waals surface area (Å²) in [5, 5.41) is 5.33. The number of methoxy groups -OCH3 is 1. The molecule has 0 saturated heterocycles. The average molecular weight is 264 g/mol. The highest BCUT2D eigenvalue weighted by Gasteiger charge is 2.16. The van der Waals surface area contributed by atoms with Crippen molar-refractivity contribution in [2.75, 3.05) is 13.7 Å². The lowest BCUT2D eigenvalue weighted by Crippen LogP contribution is -2.45. The Morgan fingerprint density at radius 2 is 1.84 bits per heavy atom. The smallest absolute Gasteiger partial charge is 0.255 e. The summed E-state index contributed by atoms with van der Waals surface area (Å²) in [5.74, 6) is -0.0755. The summed E-state index contributed by atoms with van der Waals surface area (Å²) in [6, 6.07) is 6.87. The van der Waals surface area contributed by atoms with E-state index in [0.717, 1.165) is 0 Å². The molecule has 0 atom stereocenters. The fourth-order valence-corrected chi connectivity index (χ4v) is 1.55. The topological polar surface area (TPSA) is 67.4 Å². The SMILES string of the molecule is COc1ccccc1C(=O)NCC(=O)NC(C)(C)C. The molecule has 0 unspecified atom stereocenters. The third-order valence-corrected chi connectivity index (χ3v) is 2.28. The van der Waals surface area contributed by atoms with Gasteiger partial charge in [0.15, 0.2) is 0 Å². The molecule has 2 amide bonds. The van der Waals surface area contributed by atoms with Gasteiger partial charge in [0.2, 0.25) is 5.91 Å². The zero-order valence-corrected chi connectivity index (χ0v) is 11.7. The lowest BCUT2D eigenvalue weighted by molar-refractivity contribution is -0.121. The number of ether oxygens (including phenoxy) is 1. The van der Waals surface area contributed by atoms with Crippen LogP contribution in [0.15, 0.2) is 24.3 Å². The maximum absolute atomic E-state index is 11.9. The summed E-state index contributed by atoms with van der Waals surface area (Å²) in [5.41, 5.74) is 0.0975. The van der Waals surface area contributed by atoms with Gasteiger partial charge in [0.1, 0.15) is 5.75 Å². The van der Waals surface area contributed by atoms with Crippen molar-refractivity contribution in [1.29, 1.82) is 0 Å². The Bertz CT molecular complexity index is 464. The zero-order chi connectivity index (χ0) is 14.5. The number of amides is 2. The van der Waals surface area contributed by atoms with Gasteiger partial charge in [-0.2, -0.15) is 0 Å². The number of hydrogen-bond donors (Lipinski definition) is 2. The molecule has 0 fully saturated rings. The van der Waals surface area contributed by atoms with Crippen molar-refractivity contribution in [3.8, 4) is 5.75 Å². The third-order valence-electron chi connectivity index (χ3n) is 2.28. The van der Waals surface area contributed by atoms with E-state index in [1.165, 1.54) is 7.11 Å². The van der Waals surface area contributed by atoms with E-state index in [2.05, 4.69) is 10.6 Å². The number of para-hydroxylation sites is 1. The van der Waals surface area contributed by atoms with Crippen LogP contribution >= 0.6 is 0 Å². The van der Waals surface area contributed by atoms with Gasteiger partial charge >= 0.3 is 0 Å². The van der Waals surface area contributed by atoms with Crippen LogP contribution < -0.4 is 15.4 Å². The van der Waals surface area contributed by atoms with E-state index in [1.54, 1.807) is 24.3 Å². The maximum atomic E-state index is 11.9. The Kier molecular flexibility index (Phi) is 4.92. The number of nitrogens with one attached hydrogen (secondary N) is 2. The van der Waals surface area contributed by atoms with Gasteiger partial charge in [-0.25, -0.2) is 0 Å². The number of rotatable bonds is 4. The Labute approximate surface area is 113 Å². The minimum atomic E-state index is -0.332. The van der Waals surface area contributed by atoms with E-state index in [-0.39, 0.29) is 23.9 Å². The molecule has 0 aliphatic heterocycles. The molecule has 5 nitrogen and oxygen atoms in total. The standard InChI is InChI=1S/C14H20N2O3/c1-14(2,3)16-12(17)9-15-13(18)10-7-5-6-8-11(10)19-4/h5-8H,9H2,1-4H3,(H,15,18)(H,16,17). The van der Waals surface area contributed by atoms with Gasteiger partial charge < -0.3 is 15.4 Å². The molecule has 0 spiro atoms. The van der Waals surface area contributed by atoms with Crippen LogP contribution in [-0.4, -0.2) is 31.0 Å². The van der Waals surface area contributed by atoms with Crippen LogP contribution in [0.25, 0.3) is 0 Å². The Morgan fingerprint density at radius 3 is 2.42 bits per heavy atom. The van der Waals surface area contributed by atoms with Gasteiger partial charge in [0.25, 0.3) is 5.91 Å². The lowest BCUT2D eigenvalue weighted by atomic mass is 10.1. The normalized spacial score (nSPS) is 10.7. The average Bonchev–Trinajstić information content (AvgIpc) is 2.33. The molecule has 0 radical (unpaired) electrons. The monoisotopic (exact) mass is 264 g/mol. The summed E-state index contributed by atoms with van der Waals surface area (Å²) in [6.45, 7) is 5.58. The molecule has 1 rings (SSSR count). The molecule has 0 aromatic heterocycles. The van der Waals surface area contributed by atoms with Crippen molar-refractivity contribution in [1.82, 2.24) is 10.6 Å². The Hall–Kier alpha value is -2.04. The first-order valence-electron chi connectivity index (χ1n) is 6.06. The van der Waals surface area contributed by atoms with Gasteiger partial charge in [-0.1, -0.05) is 12.1 Å². The van der Waals surface area contributed by atoms with E-state index in [0.29, 0.717) is 11.3 Å². The van der Waals surface area contributed by atoms with Crippen LogP contribution in [0.5, 0.6) is 5.75 Å². The third kappa shape index (κ3) is 4.99. The van der Waals surface area contributed by atoms with Crippen LogP contribution in [0.2, 0.25) is 0 Å². The van der Waals surface area contributed by atoms with Crippen molar-refractivity contribution >= 4 is 11.8 Å². The quantitative estimate of drug-likeness (QED) is 0.862. The second-order valence-corrected chi connectivity index (χ2v) is 5.18. The highest BCUT2D eigenvalue weighted by Crippen LogP contribution is 2.16. The molecule has 0 bridgehead atoms. The minimum Gasteiger partial charge on any atom is -0.496 e. The Balaban J connectivity index is 2.59. The minimum absolute atomic E-state index is 0.0614. The van der Waals surface area contributed by atoms with Gasteiger partial charge in [-0.05, 0) is 32.9 Å². The van der Waals surface area contributed by atoms with Crippen LogP contribution in [0.4, 0.5) is 0 Å². The first-order chi connectivity index (χ1) is 8.83. The molecule has 0 saturated carbocycles. The van der Waals surface area contributed by atoms with Crippen LogP contribution in [0.3, 0.4) is 0 Å². The van der Waals surface area contributed by atoms with Crippen molar-refractivity contribution in [3.05, 3.63) is 29.8 Å². The van der Waals surface area contributed by atoms with Gasteiger partial charge in [0, 0.05) is 5.54 Å². The number of benzene rings is 1. The second kappa shape index (κ2) is 6.22. The molecule has 0 heterocycles. The molecule has 19 heavy (non-hydrogen) atoms. The molecular weight excluding hydrogens is 244 g/mol. The van der Waals surface area contributed by atoms with Crippen LogP contribution in [0.1, 0.15) is 31.1 Å². The summed E-state index contributed by atoms with van der Waals surface area (Å²) in [6.07, 6.45) is 0. The zero-order valence-electron chi connectivity index (χ0n) is 11.7. The molecule has 2 N–H and O–H groups in total. The maximum Gasteiger partial charge on any atom is 0.255 e. The predicted octanol–water partition coefficient (Wildman–Crippen LogP) is 1.34. The van der Waals surface area contributed by atoms with Crippen molar-refractivity contribution in [2.45, 2.75) is 26.3 Å². The second-order valence-electron chi connectivity index (χ2n) is 5.18. The summed E-state index contributed by atoms with van der Waals surface area (Å²) in [7, 11) is 1.50.